The number of phenols is 2. The monoisotopic (exact) mass is 300 g/mol. The van der Waals surface area contributed by atoms with Crippen molar-refractivity contribution in [2.24, 2.45) is 0 Å². The van der Waals surface area contributed by atoms with Gasteiger partial charge in [-0.2, -0.15) is 0 Å². The van der Waals surface area contributed by atoms with E-state index in [0.29, 0.717) is 0 Å². The third-order valence-electron chi connectivity index (χ3n) is 3.72. The van der Waals surface area contributed by atoms with Crippen molar-refractivity contribution in [2.75, 3.05) is 5.75 Å². The van der Waals surface area contributed by atoms with Gasteiger partial charge in [0.25, 0.3) is 0 Å². The van der Waals surface area contributed by atoms with Crippen molar-refractivity contribution >= 4 is 17.5 Å². The highest BCUT2D eigenvalue weighted by Crippen LogP contribution is 2.29. The Labute approximate surface area is 127 Å². The lowest BCUT2D eigenvalue weighted by Crippen LogP contribution is -2.02. The van der Waals surface area contributed by atoms with Crippen molar-refractivity contribution < 1.29 is 15.0 Å². The lowest BCUT2D eigenvalue weighted by atomic mass is 10.1. The van der Waals surface area contributed by atoms with Crippen molar-refractivity contribution in [2.45, 2.75) is 24.2 Å². The summed E-state index contributed by atoms with van der Waals surface area (Å²) in [7, 11) is 0. The molecule has 4 heteroatoms. The summed E-state index contributed by atoms with van der Waals surface area (Å²) in [6, 6.07) is 10.4. The third kappa shape index (κ3) is 3.05. The normalized spacial score (nSPS) is 13.1. The first-order valence-electron chi connectivity index (χ1n) is 6.93. The maximum Gasteiger partial charge on any atom is 0.176 e. The summed E-state index contributed by atoms with van der Waals surface area (Å²) in [5.74, 6) is -0.0835. The molecule has 0 saturated carbocycles. The Morgan fingerprint density at radius 2 is 1.86 bits per heavy atom. The molecule has 2 aromatic rings. The quantitative estimate of drug-likeness (QED) is 0.669. The van der Waals surface area contributed by atoms with Gasteiger partial charge in [0.1, 0.15) is 11.5 Å². The van der Waals surface area contributed by atoms with Gasteiger partial charge in [-0.1, -0.05) is 6.07 Å². The molecular formula is C17H16O3S. The summed E-state index contributed by atoms with van der Waals surface area (Å²) in [4.78, 5) is 13.2. The Kier molecular flexibility index (Phi) is 3.88. The molecule has 3 rings (SSSR count). The maximum atomic E-state index is 12.1. The van der Waals surface area contributed by atoms with Crippen molar-refractivity contribution in [1.29, 1.82) is 0 Å². The number of carbonyl (C=O) groups is 1. The molecule has 0 heterocycles. The number of fused-ring (bicyclic) bond motifs is 1. The predicted molar refractivity (Wildman–Crippen MR) is 83.3 cm³/mol. The molecule has 0 saturated heterocycles. The minimum absolute atomic E-state index is 0.0460. The minimum atomic E-state index is -0.172. The molecule has 0 atom stereocenters. The van der Waals surface area contributed by atoms with Gasteiger partial charge in [-0.25, -0.2) is 0 Å². The number of rotatable bonds is 4. The summed E-state index contributed by atoms with van der Waals surface area (Å²) in [5, 5.41) is 18.9. The molecule has 0 fully saturated rings. The largest absolute Gasteiger partial charge is 0.508 e. The number of hydrogen-bond acceptors (Lipinski definition) is 4. The first-order chi connectivity index (χ1) is 10.1. The van der Waals surface area contributed by atoms with Crippen molar-refractivity contribution in [3.05, 3.63) is 53.1 Å². The molecule has 0 bridgehead atoms. The second kappa shape index (κ2) is 5.82. The SMILES string of the molecule is O=C(CSc1ccc2c(c1)CCC2)c1ccc(O)cc1O. The van der Waals surface area contributed by atoms with Gasteiger partial charge < -0.3 is 10.2 Å². The van der Waals surface area contributed by atoms with Crippen LogP contribution < -0.4 is 0 Å². The van der Waals surface area contributed by atoms with Crippen LogP contribution in [0.3, 0.4) is 0 Å². The molecule has 2 aromatic carbocycles. The smallest absolute Gasteiger partial charge is 0.176 e. The van der Waals surface area contributed by atoms with Crippen LogP contribution in [0.1, 0.15) is 27.9 Å². The Morgan fingerprint density at radius 3 is 2.67 bits per heavy atom. The minimum Gasteiger partial charge on any atom is -0.508 e. The number of aromatic hydroxyl groups is 2. The number of phenolic OH excluding ortho intramolecular Hbond substituents is 2. The number of benzene rings is 2. The highest BCUT2D eigenvalue weighted by Gasteiger charge is 2.14. The average molecular weight is 300 g/mol. The zero-order valence-electron chi connectivity index (χ0n) is 11.5. The van der Waals surface area contributed by atoms with Crippen LogP contribution in [0.4, 0.5) is 0 Å². The van der Waals surface area contributed by atoms with Crippen LogP contribution in [-0.2, 0) is 12.8 Å². The van der Waals surface area contributed by atoms with E-state index in [4.69, 9.17) is 0 Å². The molecule has 0 spiro atoms. The highest BCUT2D eigenvalue weighted by molar-refractivity contribution is 8.00. The standard InChI is InChI=1S/C17H16O3S/c18-13-5-7-15(16(19)9-13)17(20)10-21-14-6-4-11-2-1-3-12(11)8-14/h4-9,18-19H,1-3,10H2. The first-order valence-corrected chi connectivity index (χ1v) is 7.92. The second-order valence-corrected chi connectivity index (χ2v) is 6.25. The van der Waals surface area contributed by atoms with E-state index < -0.39 is 0 Å². The van der Waals surface area contributed by atoms with Gasteiger partial charge in [-0.3, -0.25) is 4.79 Å². The first kappa shape index (κ1) is 14.0. The van der Waals surface area contributed by atoms with Gasteiger partial charge in [0.05, 0.1) is 11.3 Å². The zero-order valence-corrected chi connectivity index (χ0v) is 12.3. The van der Waals surface area contributed by atoms with Gasteiger partial charge in [0.2, 0.25) is 0 Å². The van der Waals surface area contributed by atoms with E-state index >= 15 is 0 Å². The number of ketones is 1. The maximum absolute atomic E-state index is 12.1. The number of aryl methyl sites for hydroxylation is 2. The Bertz CT molecular complexity index is 694. The fourth-order valence-corrected chi connectivity index (χ4v) is 3.46. The molecule has 3 nitrogen and oxygen atoms in total. The highest BCUT2D eigenvalue weighted by atomic mass is 32.2. The number of thioether (sulfide) groups is 1. The van der Waals surface area contributed by atoms with Crippen LogP contribution in [0.25, 0.3) is 0 Å². The van der Waals surface area contributed by atoms with Crippen molar-refractivity contribution in [3.63, 3.8) is 0 Å². The van der Waals surface area contributed by atoms with Crippen LogP contribution in [0, 0.1) is 0 Å². The average Bonchev–Trinajstić information content (AvgIpc) is 2.92. The van der Waals surface area contributed by atoms with E-state index in [1.54, 1.807) is 0 Å². The fraction of sp³-hybridized carbons (Fsp3) is 0.235. The molecule has 0 unspecified atom stereocenters. The van der Waals surface area contributed by atoms with E-state index in [1.807, 2.05) is 0 Å². The summed E-state index contributed by atoms with van der Waals surface area (Å²) < 4.78 is 0. The van der Waals surface area contributed by atoms with Crippen LogP contribution in [0.5, 0.6) is 11.5 Å². The zero-order chi connectivity index (χ0) is 14.8. The summed E-state index contributed by atoms with van der Waals surface area (Å²) in [6.07, 6.45) is 3.49. The van der Waals surface area contributed by atoms with Crippen molar-refractivity contribution in [3.8, 4) is 11.5 Å². The summed E-state index contributed by atoms with van der Waals surface area (Å²) >= 11 is 1.48. The van der Waals surface area contributed by atoms with Crippen LogP contribution in [0.2, 0.25) is 0 Å². The molecule has 2 N–H and O–H groups in total. The number of hydrogen-bond donors (Lipinski definition) is 2. The fourth-order valence-electron chi connectivity index (χ4n) is 2.62. The second-order valence-electron chi connectivity index (χ2n) is 5.20. The van der Waals surface area contributed by atoms with Gasteiger partial charge >= 0.3 is 0 Å². The van der Waals surface area contributed by atoms with E-state index in [0.717, 1.165) is 17.7 Å². The topological polar surface area (TPSA) is 57.5 Å². The summed E-state index contributed by atoms with van der Waals surface area (Å²) in [5.41, 5.74) is 3.06. The van der Waals surface area contributed by atoms with Gasteiger partial charge in [0.15, 0.2) is 5.78 Å². The van der Waals surface area contributed by atoms with Crippen LogP contribution >= 0.6 is 11.8 Å². The lowest BCUT2D eigenvalue weighted by Gasteiger charge is -2.06. The van der Waals surface area contributed by atoms with Crippen LogP contribution in [0.15, 0.2) is 41.3 Å². The molecule has 108 valence electrons. The Morgan fingerprint density at radius 1 is 1.05 bits per heavy atom. The number of carbonyl (C=O) groups excluding carboxylic acids is 1. The molecule has 0 amide bonds. The van der Waals surface area contributed by atoms with E-state index in [1.165, 1.54) is 47.5 Å². The Hall–Kier alpha value is -1.94. The Balaban J connectivity index is 1.68. The van der Waals surface area contributed by atoms with Crippen LogP contribution in [-0.4, -0.2) is 21.7 Å². The van der Waals surface area contributed by atoms with Crippen molar-refractivity contribution in [1.82, 2.24) is 0 Å². The summed E-state index contributed by atoms with van der Waals surface area (Å²) in [6.45, 7) is 0. The lowest BCUT2D eigenvalue weighted by molar-refractivity contribution is 0.102. The van der Waals surface area contributed by atoms with Gasteiger partial charge in [-0.15, -0.1) is 11.8 Å². The third-order valence-corrected chi connectivity index (χ3v) is 4.72. The predicted octanol–water partition coefficient (Wildman–Crippen LogP) is 3.56. The molecule has 0 radical (unpaired) electrons. The molecule has 0 aliphatic heterocycles. The number of Topliss-reactive ketones (excluding diaryl/α,β-unsaturated/α-hetero) is 1. The van der Waals surface area contributed by atoms with E-state index in [9.17, 15) is 15.0 Å². The van der Waals surface area contributed by atoms with Gasteiger partial charge in [-0.05, 0) is 54.7 Å². The molecule has 0 aromatic heterocycles. The molecule has 21 heavy (non-hydrogen) atoms. The molecule has 1 aliphatic rings. The molecular weight excluding hydrogens is 284 g/mol. The van der Waals surface area contributed by atoms with Gasteiger partial charge in [0, 0.05) is 11.0 Å². The van der Waals surface area contributed by atoms with E-state index in [2.05, 4.69) is 18.2 Å². The molecule has 1 aliphatic carbocycles. The van der Waals surface area contributed by atoms with E-state index in [-0.39, 0.29) is 28.6 Å².